The minimum absolute atomic E-state index is 0.308. The molecule has 0 fully saturated rings. The molecule has 1 aliphatic rings. The molecular formula is C30H26FN5O2. The number of amides is 2. The molecule has 2 amide bonds. The lowest BCUT2D eigenvalue weighted by Crippen LogP contribution is -2.38. The second-order valence-corrected chi connectivity index (χ2v) is 9.18. The average Bonchev–Trinajstić information content (AvgIpc) is 3.50. The molecule has 38 heavy (non-hydrogen) atoms. The maximum Gasteiger partial charge on any atom is 0.322 e. The Balaban J connectivity index is 1.53. The number of nitrogens with zero attached hydrogens (tertiary/aromatic N) is 4. The fraction of sp³-hybridized carbons (Fsp3) is 0.133. The Morgan fingerprint density at radius 3 is 2.55 bits per heavy atom. The van der Waals surface area contributed by atoms with Gasteiger partial charge >= 0.3 is 6.03 Å². The number of carbonyl (C=O) groups excluding carboxylic acids is 1. The summed E-state index contributed by atoms with van der Waals surface area (Å²) >= 11 is 0. The van der Waals surface area contributed by atoms with E-state index in [-0.39, 0.29) is 11.8 Å². The fourth-order valence-corrected chi connectivity index (χ4v) is 5.04. The van der Waals surface area contributed by atoms with Crippen LogP contribution in [0, 0.1) is 12.7 Å². The van der Waals surface area contributed by atoms with E-state index >= 15 is 0 Å². The molecule has 8 heteroatoms. The van der Waals surface area contributed by atoms with Crippen LogP contribution in [-0.4, -0.2) is 32.4 Å². The van der Waals surface area contributed by atoms with Crippen molar-refractivity contribution < 1.29 is 13.9 Å². The van der Waals surface area contributed by atoms with E-state index in [1.807, 2.05) is 84.5 Å². The van der Waals surface area contributed by atoms with Crippen LogP contribution in [-0.2, 0) is 6.54 Å². The molecule has 3 aromatic carbocycles. The van der Waals surface area contributed by atoms with Crippen LogP contribution >= 0.6 is 0 Å². The second kappa shape index (κ2) is 9.55. The van der Waals surface area contributed by atoms with E-state index in [1.54, 1.807) is 24.1 Å². The number of carbonyl (C=O) groups is 1. The van der Waals surface area contributed by atoms with Crippen molar-refractivity contribution in [2.75, 3.05) is 12.4 Å². The number of methoxy groups -OCH3 is 1. The van der Waals surface area contributed by atoms with Crippen LogP contribution < -0.4 is 10.1 Å². The molecule has 2 aromatic heterocycles. The van der Waals surface area contributed by atoms with Crippen molar-refractivity contribution in [3.05, 3.63) is 126 Å². The van der Waals surface area contributed by atoms with Gasteiger partial charge in [-0.1, -0.05) is 30.3 Å². The molecule has 0 saturated carbocycles. The first-order valence-electron chi connectivity index (χ1n) is 12.3. The molecule has 0 bridgehead atoms. The van der Waals surface area contributed by atoms with Gasteiger partial charge in [0.25, 0.3) is 0 Å². The highest BCUT2D eigenvalue weighted by Gasteiger charge is 2.36. The number of hydrogen-bond acceptors (Lipinski definition) is 3. The Labute approximate surface area is 219 Å². The number of hydrogen-bond donors (Lipinski definition) is 1. The van der Waals surface area contributed by atoms with E-state index in [1.165, 1.54) is 12.1 Å². The Morgan fingerprint density at radius 1 is 1.00 bits per heavy atom. The Hall–Kier alpha value is -4.85. The zero-order valence-corrected chi connectivity index (χ0v) is 21.0. The summed E-state index contributed by atoms with van der Waals surface area (Å²) < 4.78 is 23.1. The average molecular weight is 508 g/mol. The molecule has 0 saturated heterocycles. The van der Waals surface area contributed by atoms with Gasteiger partial charge in [0.1, 0.15) is 17.4 Å². The van der Waals surface area contributed by atoms with Crippen LogP contribution in [0.4, 0.5) is 14.9 Å². The lowest BCUT2D eigenvalue weighted by atomic mass is 10.0. The van der Waals surface area contributed by atoms with Gasteiger partial charge in [-0.3, -0.25) is 0 Å². The SMILES string of the molecule is COc1cccc(C2c3cccn3-c3c(c(C)nn3-c3ccccc3)CN2C(=O)Nc2ccc(F)cc2)c1. The molecule has 1 atom stereocenters. The number of aryl methyl sites for hydroxylation is 1. The lowest BCUT2D eigenvalue weighted by Gasteiger charge is -2.31. The van der Waals surface area contributed by atoms with Crippen molar-refractivity contribution in [1.29, 1.82) is 0 Å². The highest BCUT2D eigenvalue weighted by atomic mass is 19.1. The van der Waals surface area contributed by atoms with E-state index in [0.29, 0.717) is 18.0 Å². The summed E-state index contributed by atoms with van der Waals surface area (Å²) in [7, 11) is 1.63. The number of para-hydroxylation sites is 1. The monoisotopic (exact) mass is 507 g/mol. The lowest BCUT2D eigenvalue weighted by molar-refractivity contribution is 0.194. The number of benzene rings is 3. The minimum Gasteiger partial charge on any atom is -0.497 e. The predicted octanol–water partition coefficient (Wildman–Crippen LogP) is 6.26. The minimum atomic E-state index is -0.434. The molecule has 3 heterocycles. The number of anilines is 1. The van der Waals surface area contributed by atoms with Gasteiger partial charge in [0, 0.05) is 17.4 Å². The summed E-state index contributed by atoms with van der Waals surface area (Å²) in [6.45, 7) is 2.27. The van der Waals surface area contributed by atoms with Gasteiger partial charge in [0.2, 0.25) is 0 Å². The molecule has 0 aliphatic carbocycles. The number of rotatable bonds is 4. The van der Waals surface area contributed by atoms with E-state index in [4.69, 9.17) is 9.84 Å². The Bertz CT molecular complexity index is 1610. The maximum absolute atomic E-state index is 13.9. The smallest absolute Gasteiger partial charge is 0.322 e. The molecular weight excluding hydrogens is 481 g/mol. The number of urea groups is 1. The third-order valence-electron chi connectivity index (χ3n) is 6.85. The van der Waals surface area contributed by atoms with Crippen LogP contribution in [0.2, 0.25) is 0 Å². The second-order valence-electron chi connectivity index (χ2n) is 9.18. The highest BCUT2D eigenvalue weighted by molar-refractivity contribution is 5.90. The molecule has 0 radical (unpaired) electrons. The molecule has 1 unspecified atom stereocenters. The number of halogens is 1. The molecule has 1 N–H and O–H groups in total. The van der Waals surface area contributed by atoms with Gasteiger partial charge in [0.05, 0.1) is 36.8 Å². The van der Waals surface area contributed by atoms with E-state index < -0.39 is 6.04 Å². The van der Waals surface area contributed by atoms with Crippen LogP contribution in [0.15, 0.2) is 97.2 Å². The van der Waals surface area contributed by atoms with Gasteiger partial charge in [-0.05, 0) is 73.2 Å². The zero-order chi connectivity index (χ0) is 26.2. The van der Waals surface area contributed by atoms with Crippen molar-refractivity contribution in [3.8, 4) is 17.3 Å². The quantitative estimate of drug-likeness (QED) is 0.312. The van der Waals surface area contributed by atoms with Crippen LogP contribution in [0.5, 0.6) is 5.75 Å². The van der Waals surface area contributed by atoms with Crippen molar-refractivity contribution in [2.24, 2.45) is 0 Å². The molecule has 0 spiro atoms. The number of aromatic nitrogens is 3. The first-order chi connectivity index (χ1) is 18.5. The summed E-state index contributed by atoms with van der Waals surface area (Å²) in [4.78, 5) is 15.7. The molecule has 190 valence electrons. The molecule has 5 aromatic rings. The van der Waals surface area contributed by atoms with Crippen molar-refractivity contribution >= 4 is 11.7 Å². The first-order valence-corrected chi connectivity index (χ1v) is 12.3. The van der Waals surface area contributed by atoms with E-state index in [2.05, 4.69) is 9.88 Å². The van der Waals surface area contributed by atoms with Gasteiger partial charge in [0.15, 0.2) is 0 Å². The van der Waals surface area contributed by atoms with Gasteiger partial charge in [-0.25, -0.2) is 13.9 Å². The van der Waals surface area contributed by atoms with Crippen molar-refractivity contribution in [1.82, 2.24) is 19.2 Å². The summed E-state index contributed by atoms with van der Waals surface area (Å²) in [6, 6.07) is 26.7. The van der Waals surface area contributed by atoms with Gasteiger partial charge in [-0.2, -0.15) is 5.10 Å². The fourth-order valence-electron chi connectivity index (χ4n) is 5.04. The summed E-state index contributed by atoms with van der Waals surface area (Å²) in [5.41, 5.74) is 5.01. The van der Waals surface area contributed by atoms with Gasteiger partial charge < -0.3 is 19.5 Å². The van der Waals surface area contributed by atoms with Crippen LogP contribution in [0.1, 0.15) is 28.6 Å². The Kier molecular flexibility index (Phi) is 5.92. The third-order valence-corrected chi connectivity index (χ3v) is 6.85. The summed E-state index contributed by atoms with van der Waals surface area (Å²) in [5, 5.41) is 7.83. The topological polar surface area (TPSA) is 64.3 Å². The molecule has 7 nitrogen and oxygen atoms in total. The standard InChI is InChI=1S/C30H26FN5O2/c1-20-26-19-35(30(37)32-23-15-13-22(31)14-16-23)28(21-8-6-11-25(18-21)38-2)27-12-7-17-34(27)29(26)36(33-20)24-9-4-3-5-10-24/h3-18,28H,19H2,1-2H3,(H,32,37). The predicted molar refractivity (Wildman–Crippen MR) is 143 cm³/mol. The zero-order valence-electron chi connectivity index (χ0n) is 21.0. The number of nitrogens with one attached hydrogen (secondary N) is 1. The van der Waals surface area contributed by atoms with E-state index in [9.17, 15) is 9.18 Å². The summed E-state index contributed by atoms with van der Waals surface area (Å²) in [5.74, 6) is 1.23. The van der Waals surface area contributed by atoms with Crippen molar-refractivity contribution in [3.63, 3.8) is 0 Å². The highest BCUT2D eigenvalue weighted by Crippen LogP contribution is 2.39. The van der Waals surface area contributed by atoms with Crippen molar-refractivity contribution in [2.45, 2.75) is 19.5 Å². The van der Waals surface area contributed by atoms with Gasteiger partial charge in [-0.15, -0.1) is 0 Å². The Morgan fingerprint density at radius 2 is 1.79 bits per heavy atom. The maximum atomic E-state index is 13.9. The molecule has 1 aliphatic heterocycles. The molecule has 6 rings (SSSR count). The normalized spacial score (nSPS) is 14.4. The third kappa shape index (κ3) is 4.10. The van der Waals surface area contributed by atoms with Crippen LogP contribution in [0.3, 0.4) is 0 Å². The largest absolute Gasteiger partial charge is 0.497 e. The van der Waals surface area contributed by atoms with E-state index in [0.717, 1.165) is 34.0 Å². The van der Waals surface area contributed by atoms with Crippen LogP contribution in [0.25, 0.3) is 11.5 Å². The summed E-state index contributed by atoms with van der Waals surface area (Å²) in [6.07, 6.45) is 2.00. The number of ether oxygens (including phenoxy) is 1. The first kappa shape index (κ1) is 23.5. The number of fused-ring (bicyclic) bond motifs is 3.